The Labute approximate surface area is 410 Å². The summed E-state index contributed by atoms with van der Waals surface area (Å²) in [7, 11) is 0. The summed E-state index contributed by atoms with van der Waals surface area (Å²) in [4.78, 5) is 13.2. The summed E-state index contributed by atoms with van der Waals surface area (Å²) >= 11 is 0. The maximum atomic E-state index is 13.2. The number of hydrogen-bond donors (Lipinski definition) is 12. The van der Waals surface area contributed by atoms with Gasteiger partial charge in [-0.05, 0) is 32.1 Å². The first-order valence-corrected chi connectivity index (χ1v) is 26.4. The summed E-state index contributed by atoms with van der Waals surface area (Å²) in [5.74, 6) is -0.256. The van der Waals surface area contributed by atoms with Gasteiger partial charge in [0.25, 0.3) is 0 Å². The van der Waals surface area contributed by atoms with Crippen LogP contribution < -0.4 is 5.32 Å². The molecule has 17 unspecified atom stereocenters. The summed E-state index contributed by atoms with van der Waals surface area (Å²) in [5, 5.41) is 120. The number of amides is 1. The van der Waals surface area contributed by atoms with E-state index in [-0.39, 0.29) is 18.9 Å². The van der Waals surface area contributed by atoms with Gasteiger partial charge in [-0.3, -0.25) is 4.79 Å². The fraction of sp³-hybridized carbons (Fsp3) is 0.940. The molecule has 3 rings (SSSR count). The number of rotatable bonds is 37. The van der Waals surface area contributed by atoms with E-state index in [9.17, 15) is 61.0 Å². The number of aliphatic hydroxyl groups is 11. The summed E-state index contributed by atoms with van der Waals surface area (Å²) in [6.07, 6.45) is 3.26. The summed E-state index contributed by atoms with van der Waals surface area (Å²) in [6, 6.07) is -0.885. The molecule has 3 fully saturated rings. The smallest absolute Gasteiger partial charge is 0.220 e. The van der Waals surface area contributed by atoms with Gasteiger partial charge in [-0.15, -0.1) is 0 Å². The highest BCUT2D eigenvalue weighted by Gasteiger charge is 2.53. The third-order valence-corrected chi connectivity index (χ3v) is 13.6. The molecule has 0 aromatic carbocycles. The molecule has 3 saturated heterocycles. The zero-order valence-corrected chi connectivity index (χ0v) is 41.5. The van der Waals surface area contributed by atoms with E-state index in [1.165, 1.54) is 64.2 Å². The largest absolute Gasteiger partial charge is 0.394 e. The second-order valence-corrected chi connectivity index (χ2v) is 19.3. The minimum absolute atomic E-state index is 0.256. The highest BCUT2D eigenvalue weighted by Crippen LogP contribution is 2.33. The van der Waals surface area contributed by atoms with Crippen LogP contribution in [0.3, 0.4) is 0 Å². The first-order valence-electron chi connectivity index (χ1n) is 26.4. The van der Waals surface area contributed by atoms with Crippen LogP contribution in [0.1, 0.15) is 168 Å². The molecule has 0 bridgehead atoms. The van der Waals surface area contributed by atoms with E-state index < -0.39 is 124 Å². The molecule has 0 aliphatic carbocycles. The molecule has 1 amide bonds. The zero-order valence-electron chi connectivity index (χ0n) is 41.5. The molecule has 19 heteroatoms. The molecular formula is C50H93NO18. The highest BCUT2D eigenvalue weighted by molar-refractivity contribution is 5.76. The average molecular weight is 996 g/mol. The number of ether oxygens (including phenoxy) is 6. The van der Waals surface area contributed by atoms with E-state index in [0.29, 0.717) is 12.8 Å². The van der Waals surface area contributed by atoms with Crippen molar-refractivity contribution in [3.63, 3.8) is 0 Å². The van der Waals surface area contributed by atoms with Crippen LogP contribution in [0.5, 0.6) is 0 Å². The van der Waals surface area contributed by atoms with Crippen molar-refractivity contribution in [2.24, 2.45) is 0 Å². The molecule has 406 valence electrons. The number of carbonyl (C=O) groups is 1. The van der Waals surface area contributed by atoms with Crippen molar-refractivity contribution in [3.8, 4) is 0 Å². The summed E-state index contributed by atoms with van der Waals surface area (Å²) < 4.78 is 34.2. The van der Waals surface area contributed by atoms with Crippen molar-refractivity contribution >= 4 is 5.91 Å². The van der Waals surface area contributed by atoms with Crippen LogP contribution in [0.2, 0.25) is 0 Å². The van der Waals surface area contributed by atoms with E-state index in [4.69, 9.17) is 28.4 Å². The fourth-order valence-electron chi connectivity index (χ4n) is 9.14. The number of aliphatic hydroxyl groups excluding tert-OH is 11. The predicted octanol–water partition coefficient (Wildman–Crippen LogP) is 2.26. The Hall–Kier alpha value is -1.47. The molecule has 12 N–H and O–H groups in total. The van der Waals surface area contributed by atoms with Crippen molar-refractivity contribution in [3.05, 3.63) is 12.2 Å². The Morgan fingerprint density at radius 3 is 1.46 bits per heavy atom. The number of carbonyl (C=O) groups excluding carboxylic acids is 1. The number of allylic oxidation sites excluding steroid dienone is 2. The van der Waals surface area contributed by atoms with Crippen LogP contribution in [0.15, 0.2) is 12.2 Å². The van der Waals surface area contributed by atoms with Crippen LogP contribution in [-0.4, -0.2) is 193 Å². The van der Waals surface area contributed by atoms with E-state index in [1.54, 1.807) is 0 Å². The van der Waals surface area contributed by atoms with Gasteiger partial charge in [0, 0.05) is 6.42 Å². The third kappa shape index (κ3) is 21.5. The van der Waals surface area contributed by atoms with Gasteiger partial charge in [0.15, 0.2) is 18.9 Å². The molecule has 0 aromatic rings. The lowest BCUT2D eigenvalue weighted by Crippen LogP contribution is -2.66. The molecule has 0 spiro atoms. The SMILES string of the molecule is CCC/C=C\CCCCCCCC(=O)NC(COC1OC(CO)C(OC2OC(CO)C(OC3OC(CO)C(O)C(O)C3O)C(O)C2O)C(O)C1O)C(O)CCCCCCCCCCCCCCCC. The van der Waals surface area contributed by atoms with Crippen LogP contribution in [0.4, 0.5) is 0 Å². The number of hydrogen-bond acceptors (Lipinski definition) is 18. The Bertz CT molecular complexity index is 1330. The molecule has 3 heterocycles. The van der Waals surface area contributed by atoms with E-state index in [2.05, 4.69) is 31.3 Å². The van der Waals surface area contributed by atoms with E-state index in [1.807, 2.05) is 0 Å². The zero-order chi connectivity index (χ0) is 50.6. The number of nitrogens with one attached hydrogen (secondary N) is 1. The maximum Gasteiger partial charge on any atom is 0.220 e. The molecule has 69 heavy (non-hydrogen) atoms. The van der Waals surface area contributed by atoms with Gasteiger partial charge in [0.05, 0.1) is 38.6 Å². The van der Waals surface area contributed by atoms with Crippen LogP contribution in [0.25, 0.3) is 0 Å². The molecule has 3 aliphatic rings. The lowest BCUT2D eigenvalue weighted by atomic mass is 9.96. The Morgan fingerprint density at radius 1 is 0.507 bits per heavy atom. The lowest BCUT2D eigenvalue weighted by Gasteiger charge is -2.48. The molecular weight excluding hydrogens is 903 g/mol. The standard InChI is InChI=1S/C50H93NO18/c1-3-5-7-9-11-13-15-16-17-18-19-21-23-25-27-34(55)33(51-38(56)28-26-24-22-20-14-12-10-8-6-4-2)32-64-48-44(62)41(59)46(36(30-53)66-48)69-50-45(63)42(60)47(37(31-54)67-50)68-49-43(61)40(58)39(57)35(29-52)65-49/h8,10,33-37,39-50,52-55,57-63H,3-7,9,11-32H2,1-2H3,(H,51,56)/b10-8-. The van der Waals surface area contributed by atoms with Gasteiger partial charge in [-0.25, -0.2) is 0 Å². The fourth-order valence-corrected chi connectivity index (χ4v) is 9.14. The van der Waals surface area contributed by atoms with Crippen molar-refractivity contribution < 1.29 is 89.4 Å². The average Bonchev–Trinajstić information content (AvgIpc) is 3.34. The minimum atomic E-state index is -1.97. The summed E-state index contributed by atoms with van der Waals surface area (Å²) in [5.41, 5.74) is 0. The highest BCUT2D eigenvalue weighted by atomic mass is 16.8. The van der Waals surface area contributed by atoms with Gasteiger partial charge >= 0.3 is 0 Å². The molecule has 3 aliphatic heterocycles. The predicted molar refractivity (Wildman–Crippen MR) is 254 cm³/mol. The lowest BCUT2D eigenvalue weighted by molar-refractivity contribution is -0.379. The first-order chi connectivity index (χ1) is 33.3. The molecule has 0 radical (unpaired) electrons. The second-order valence-electron chi connectivity index (χ2n) is 19.3. The maximum absolute atomic E-state index is 13.2. The second kappa shape index (κ2) is 35.6. The van der Waals surface area contributed by atoms with Crippen LogP contribution in [-0.2, 0) is 33.2 Å². The monoisotopic (exact) mass is 996 g/mol. The molecule has 0 aromatic heterocycles. The molecule has 19 nitrogen and oxygen atoms in total. The topological polar surface area (TPSA) is 307 Å². The quantitative estimate of drug-likeness (QED) is 0.0314. The van der Waals surface area contributed by atoms with Gasteiger partial charge in [-0.1, -0.05) is 142 Å². The van der Waals surface area contributed by atoms with Gasteiger partial charge < -0.3 is 89.9 Å². The number of unbranched alkanes of at least 4 members (excludes halogenated alkanes) is 19. The van der Waals surface area contributed by atoms with Gasteiger partial charge in [0.1, 0.15) is 73.2 Å². The minimum Gasteiger partial charge on any atom is -0.394 e. The Kier molecular flexibility index (Phi) is 31.9. The first kappa shape index (κ1) is 61.8. The molecule has 17 atom stereocenters. The van der Waals surface area contributed by atoms with Gasteiger partial charge in [-0.2, -0.15) is 0 Å². The van der Waals surface area contributed by atoms with Crippen molar-refractivity contribution in [1.82, 2.24) is 5.32 Å². The van der Waals surface area contributed by atoms with Crippen LogP contribution >= 0.6 is 0 Å². The Balaban J connectivity index is 1.55. The van der Waals surface area contributed by atoms with Crippen molar-refractivity contribution in [1.29, 1.82) is 0 Å². The Morgan fingerprint density at radius 2 is 0.942 bits per heavy atom. The third-order valence-electron chi connectivity index (χ3n) is 13.6. The summed E-state index contributed by atoms with van der Waals surface area (Å²) in [6.45, 7) is 1.68. The normalized spacial score (nSPS) is 32.9. The molecule has 0 saturated carbocycles. The van der Waals surface area contributed by atoms with E-state index in [0.717, 1.165) is 70.6 Å². The van der Waals surface area contributed by atoms with Crippen LogP contribution in [0, 0.1) is 0 Å². The van der Waals surface area contributed by atoms with E-state index >= 15 is 0 Å². The van der Waals surface area contributed by atoms with Crippen molar-refractivity contribution in [2.45, 2.75) is 272 Å². The van der Waals surface area contributed by atoms with Gasteiger partial charge in [0.2, 0.25) is 5.91 Å². The van der Waals surface area contributed by atoms with Crippen molar-refractivity contribution in [2.75, 3.05) is 26.4 Å².